The zero-order valence-corrected chi connectivity index (χ0v) is 14.8. The van der Waals surface area contributed by atoms with Crippen LogP contribution < -0.4 is 15.4 Å². The van der Waals surface area contributed by atoms with Crippen molar-refractivity contribution in [2.24, 2.45) is 0 Å². The molecule has 0 bridgehead atoms. The van der Waals surface area contributed by atoms with Crippen LogP contribution in [0.25, 0.3) is 0 Å². The van der Waals surface area contributed by atoms with Crippen molar-refractivity contribution in [2.75, 3.05) is 32.2 Å². The van der Waals surface area contributed by atoms with Crippen molar-refractivity contribution >= 4 is 17.4 Å². The Morgan fingerprint density at radius 1 is 1.20 bits per heavy atom. The van der Waals surface area contributed by atoms with Crippen LogP contribution in [0.4, 0.5) is 11.5 Å². The van der Waals surface area contributed by atoms with Crippen LogP contribution in [0.5, 0.6) is 5.75 Å². The lowest BCUT2D eigenvalue weighted by molar-refractivity contribution is 0.0943. The number of aryl methyl sites for hydroxylation is 1. The lowest BCUT2D eigenvalue weighted by Crippen LogP contribution is -2.26. The fourth-order valence-corrected chi connectivity index (χ4v) is 2.21. The molecule has 0 saturated carbocycles. The summed E-state index contributed by atoms with van der Waals surface area (Å²) in [6, 6.07) is 9.18. The van der Waals surface area contributed by atoms with Gasteiger partial charge in [0, 0.05) is 32.0 Å². The van der Waals surface area contributed by atoms with Gasteiger partial charge in [0.25, 0.3) is 5.91 Å². The summed E-state index contributed by atoms with van der Waals surface area (Å²) in [5, 5.41) is 6.00. The first-order chi connectivity index (χ1) is 12.1. The highest BCUT2D eigenvalue weighted by molar-refractivity contribution is 5.93. The Labute approximate surface area is 147 Å². The second-order valence-corrected chi connectivity index (χ2v) is 5.37. The van der Waals surface area contributed by atoms with Gasteiger partial charge in [0.2, 0.25) is 0 Å². The molecule has 0 aliphatic carbocycles. The van der Waals surface area contributed by atoms with Gasteiger partial charge in [-0.3, -0.25) is 4.79 Å². The molecular formula is C18H24N4O3. The maximum absolute atomic E-state index is 12.2. The highest BCUT2D eigenvalue weighted by Gasteiger charge is 2.10. The summed E-state index contributed by atoms with van der Waals surface area (Å²) in [4.78, 5) is 20.7. The first kappa shape index (κ1) is 18.7. The number of carbonyl (C=O) groups excluding carboxylic acids is 1. The van der Waals surface area contributed by atoms with Crippen LogP contribution in [-0.2, 0) is 4.74 Å². The molecule has 2 rings (SSSR count). The fraction of sp³-hybridized carbons (Fsp3) is 0.389. The van der Waals surface area contributed by atoms with E-state index in [1.54, 1.807) is 20.1 Å². The predicted octanol–water partition coefficient (Wildman–Crippen LogP) is 2.69. The number of carbonyl (C=O) groups is 1. The first-order valence-corrected chi connectivity index (χ1v) is 8.25. The van der Waals surface area contributed by atoms with Crippen LogP contribution in [0.3, 0.4) is 0 Å². The van der Waals surface area contributed by atoms with Crippen LogP contribution in [0, 0.1) is 6.92 Å². The monoisotopic (exact) mass is 344 g/mol. The highest BCUT2D eigenvalue weighted by Crippen LogP contribution is 2.19. The number of benzene rings is 1. The quantitative estimate of drug-likeness (QED) is 0.680. The minimum Gasteiger partial charge on any atom is -0.494 e. The molecule has 7 heteroatoms. The molecular weight excluding hydrogens is 320 g/mol. The third kappa shape index (κ3) is 6.04. The van der Waals surface area contributed by atoms with E-state index in [9.17, 15) is 4.79 Å². The third-order valence-corrected chi connectivity index (χ3v) is 3.32. The fourth-order valence-electron chi connectivity index (χ4n) is 2.21. The number of hydrogen-bond acceptors (Lipinski definition) is 6. The summed E-state index contributed by atoms with van der Waals surface area (Å²) >= 11 is 0. The van der Waals surface area contributed by atoms with E-state index in [-0.39, 0.29) is 5.91 Å². The molecule has 0 saturated heterocycles. The van der Waals surface area contributed by atoms with Crippen molar-refractivity contribution < 1.29 is 14.3 Å². The van der Waals surface area contributed by atoms with Gasteiger partial charge in [-0.05, 0) is 44.5 Å². The molecule has 7 nitrogen and oxygen atoms in total. The Balaban J connectivity index is 2.03. The molecule has 1 amide bonds. The number of aromatic nitrogens is 2. The van der Waals surface area contributed by atoms with E-state index in [1.165, 1.54) is 0 Å². The second kappa shape index (κ2) is 9.58. The summed E-state index contributed by atoms with van der Waals surface area (Å²) in [7, 11) is 1.63. The molecule has 1 aromatic heterocycles. The largest absolute Gasteiger partial charge is 0.494 e. The molecule has 0 aliphatic rings. The molecule has 0 fully saturated rings. The van der Waals surface area contributed by atoms with Gasteiger partial charge in [0.15, 0.2) is 0 Å². The molecule has 134 valence electrons. The topological polar surface area (TPSA) is 85.4 Å². The molecule has 25 heavy (non-hydrogen) atoms. The van der Waals surface area contributed by atoms with Gasteiger partial charge >= 0.3 is 0 Å². The van der Waals surface area contributed by atoms with Gasteiger partial charge in [0.1, 0.15) is 23.1 Å². The van der Waals surface area contributed by atoms with E-state index in [0.717, 1.165) is 17.9 Å². The molecule has 1 aromatic carbocycles. The van der Waals surface area contributed by atoms with Gasteiger partial charge in [-0.25, -0.2) is 9.97 Å². The molecule has 0 radical (unpaired) electrons. The van der Waals surface area contributed by atoms with E-state index >= 15 is 0 Å². The third-order valence-electron chi connectivity index (χ3n) is 3.32. The maximum atomic E-state index is 12.2. The van der Waals surface area contributed by atoms with Crippen molar-refractivity contribution in [3.8, 4) is 5.75 Å². The van der Waals surface area contributed by atoms with Crippen molar-refractivity contribution in [1.29, 1.82) is 0 Å². The average molecular weight is 344 g/mol. The number of methoxy groups -OCH3 is 1. The predicted molar refractivity (Wildman–Crippen MR) is 96.5 cm³/mol. The number of rotatable bonds is 9. The van der Waals surface area contributed by atoms with Gasteiger partial charge < -0.3 is 20.1 Å². The number of anilines is 2. The van der Waals surface area contributed by atoms with Crippen LogP contribution in [0.2, 0.25) is 0 Å². The molecule has 0 unspecified atom stereocenters. The van der Waals surface area contributed by atoms with E-state index in [1.807, 2.05) is 31.2 Å². The number of nitrogens with one attached hydrogen (secondary N) is 2. The van der Waals surface area contributed by atoms with E-state index in [0.29, 0.717) is 37.1 Å². The van der Waals surface area contributed by atoms with Crippen molar-refractivity contribution in [2.45, 2.75) is 20.3 Å². The Morgan fingerprint density at radius 2 is 1.96 bits per heavy atom. The van der Waals surface area contributed by atoms with Gasteiger partial charge in [-0.15, -0.1) is 0 Å². The molecule has 0 spiro atoms. The van der Waals surface area contributed by atoms with Gasteiger partial charge in [-0.1, -0.05) is 0 Å². The summed E-state index contributed by atoms with van der Waals surface area (Å²) in [5.41, 5.74) is 1.19. The van der Waals surface area contributed by atoms with E-state index in [2.05, 4.69) is 20.6 Å². The average Bonchev–Trinajstić information content (AvgIpc) is 2.60. The Bertz CT molecular complexity index is 689. The standard InChI is InChI=1S/C18H24N4O3/c1-4-25-15-8-6-14(7-9-15)22-17-12-16(20-13(2)21-17)18(23)19-10-5-11-24-3/h6-9,12H,4-5,10-11H2,1-3H3,(H,19,23)(H,20,21,22). The lowest BCUT2D eigenvalue weighted by Gasteiger charge is -2.10. The second-order valence-electron chi connectivity index (χ2n) is 5.37. The zero-order valence-electron chi connectivity index (χ0n) is 14.8. The molecule has 2 N–H and O–H groups in total. The van der Waals surface area contributed by atoms with Crippen molar-refractivity contribution in [3.63, 3.8) is 0 Å². The Kier molecular flexibility index (Phi) is 7.16. The first-order valence-electron chi connectivity index (χ1n) is 8.25. The van der Waals surface area contributed by atoms with E-state index in [4.69, 9.17) is 9.47 Å². The van der Waals surface area contributed by atoms with Crippen LogP contribution >= 0.6 is 0 Å². The summed E-state index contributed by atoms with van der Waals surface area (Å²) in [5.74, 6) is 1.68. The number of amides is 1. The minimum atomic E-state index is -0.226. The summed E-state index contributed by atoms with van der Waals surface area (Å²) in [6.45, 7) is 5.47. The zero-order chi connectivity index (χ0) is 18.1. The normalized spacial score (nSPS) is 10.4. The molecule has 2 aromatic rings. The van der Waals surface area contributed by atoms with E-state index < -0.39 is 0 Å². The molecule has 0 aliphatic heterocycles. The van der Waals surface area contributed by atoms with Gasteiger partial charge in [0.05, 0.1) is 6.61 Å². The summed E-state index contributed by atoms with van der Waals surface area (Å²) < 4.78 is 10.4. The molecule has 1 heterocycles. The smallest absolute Gasteiger partial charge is 0.270 e. The molecule has 0 atom stereocenters. The number of nitrogens with zero attached hydrogens (tertiary/aromatic N) is 2. The lowest BCUT2D eigenvalue weighted by atomic mass is 10.3. The summed E-state index contributed by atoms with van der Waals surface area (Å²) in [6.07, 6.45) is 0.754. The minimum absolute atomic E-state index is 0.226. The number of hydrogen-bond donors (Lipinski definition) is 2. The number of ether oxygens (including phenoxy) is 2. The Morgan fingerprint density at radius 3 is 2.64 bits per heavy atom. The Hall–Kier alpha value is -2.67. The maximum Gasteiger partial charge on any atom is 0.270 e. The van der Waals surface area contributed by atoms with Crippen molar-refractivity contribution in [1.82, 2.24) is 15.3 Å². The highest BCUT2D eigenvalue weighted by atomic mass is 16.5. The SMILES string of the molecule is CCOc1ccc(Nc2cc(C(=O)NCCCOC)nc(C)n2)cc1. The van der Waals surface area contributed by atoms with Crippen LogP contribution in [-0.4, -0.2) is 42.7 Å². The van der Waals surface area contributed by atoms with Gasteiger partial charge in [-0.2, -0.15) is 0 Å². The van der Waals surface area contributed by atoms with Crippen molar-refractivity contribution in [3.05, 3.63) is 41.9 Å². The van der Waals surface area contributed by atoms with Crippen LogP contribution in [0.1, 0.15) is 29.7 Å². The van der Waals surface area contributed by atoms with Crippen LogP contribution in [0.15, 0.2) is 30.3 Å².